The molecular formula is C17H14BrFO4. The molecule has 120 valence electrons. The highest BCUT2D eigenvalue weighted by Crippen LogP contribution is 2.21. The molecule has 0 radical (unpaired) electrons. The summed E-state index contributed by atoms with van der Waals surface area (Å²) in [5.41, 5.74) is 1.96. The minimum Gasteiger partial charge on any atom is -0.478 e. The van der Waals surface area contributed by atoms with Gasteiger partial charge in [-0.05, 0) is 53.8 Å². The molecule has 0 aliphatic heterocycles. The van der Waals surface area contributed by atoms with Crippen LogP contribution in [0, 0.1) is 5.82 Å². The summed E-state index contributed by atoms with van der Waals surface area (Å²) in [6, 6.07) is 8.41. The number of hydrogen-bond donors (Lipinski definition) is 2. The Balaban J connectivity index is 2.44. The Bertz CT molecular complexity index is 758. The molecule has 2 N–H and O–H groups in total. The third-order valence-corrected chi connectivity index (χ3v) is 3.90. The normalized spacial score (nSPS) is 10.5. The molecule has 0 heterocycles. The van der Waals surface area contributed by atoms with E-state index in [0.717, 1.165) is 17.2 Å². The molecule has 0 aromatic heterocycles. The zero-order chi connectivity index (χ0) is 17.0. The number of hydrogen-bond acceptors (Lipinski definition) is 2. The molecule has 6 heteroatoms. The lowest BCUT2D eigenvalue weighted by molar-refractivity contribution is 0.0695. The fourth-order valence-electron chi connectivity index (χ4n) is 2.37. The summed E-state index contributed by atoms with van der Waals surface area (Å²) >= 11 is 3.31. The van der Waals surface area contributed by atoms with Gasteiger partial charge in [0.15, 0.2) is 0 Å². The van der Waals surface area contributed by atoms with Crippen molar-refractivity contribution in [3.8, 4) is 0 Å². The molecule has 2 rings (SSSR count). The van der Waals surface area contributed by atoms with E-state index >= 15 is 0 Å². The van der Waals surface area contributed by atoms with Gasteiger partial charge in [0.2, 0.25) is 0 Å². The summed E-state index contributed by atoms with van der Waals surface area (Å²) in [4.78, 5) is 22.4. The Morgan fingerprint density at radius 1 is 0.957 bits per heavy atom. The van der Waals surface area contributed by atoms with Crippen LogP contribution in [-0.2, 0) is 12.8 Å². The summed E-state index contributed by atoms with van der Waals surface area (Å²) in [6.45, 7) is 0. The van der Waals surface area contributed by atoms with Gasteiger partial charge in [-0.1, -0.05) is 28.1 Å². The number of rotatable bonds is 6. The second-order valence-corrected chi connectivity index (χ2v) is 5.80. The summed E-state index contributed by atoms with van der Waals surface area (Å²) in [7, 11) is 0. The smallest absolute Gasteiger partial charge is 0.336 e. The van der Waals surface area contributed by atoms with Crippen LogP contribution in [0.1, 0.15) is 37.4 Å². The summed E-state index contributed by atoms with van der Waals surface area (Å²) in [5, 5.41) is 18.9. The Morgan fingerprint density at radius 2 is 1.65 bits per heavy atom. The van der Waals surface area contributed by atoms with Crippen molar-refractivity contribution in [2.45, 2.75) is 12.8 Å². The van der Waals surface area contributed by atoms with Gasteiger partial charge >= 0.3 is 11.9 Å². The van der Waals surface area contributed by atoms with Crippen LogP contribution >= 0.6 is 15.9 Å². The van der Waals surface area contributed by atoms with E-state index in [1.807, 2.05) is 0 Å². The molecule has 0 fully saturated rings. The Hall–Kier alpha value is -2.21. The SMILES string of the molecule is O=C(O)c1ccc(Cc2ccc(F)cc2CCBr)c(C(=O)O)c1. The molecule has 0 aliphatic carbocycles. The second kappa shape index (κ2) is 7.37. The van der Waals surface area contributed by atoms with E-state index < -0.39 is 11.9 Å². The highest BCUT2D eigenvalue weighted by molar-refractivity contribution is 9.09. The van der Waals surface area contributed by atoms with Crippen LogP contribution in [0.3, 0.4) is 0 Å². The van der Waals surface area contributed by atoms with E-state index in [2.05, 4.69) is 15.9 Å². The van der Waals surface area contributed by atoms with Gasteiger partial charge in [0.05, 0.1) is 11.1 Å². The van der Waals surface area contributed by atoms with Gasteiger partial charge < -0.3 is 10.2 Å². The Kier molecular flexibility index (Phi) is 5.50. The summed E-state index contributed by atoms with van der Waals surface area (Å²) in [5.74, 6) is -2.71. The zero-order valence-corrected chi connectivity index (χ0v) is 13.6. The van der Waals surface area contributed by atoms with Crippen molar-refractivity contribution in [2.75, 3.05) is 5.33 Å². The van der Waals surface area contributed by atoms with Crippen molar-refractivity contribution in [1.29, 1.82) is 0 Å². The van der Waals surface area contributed by atoms with Gasteiger partial charge in [-0.3, -0.25) is 0 Å². The minimum atomic E-state index is -1.19. The van der Waals surface area contributed by atoms with Crippen LogP contribution < -0.4 is 0 Å². The van der Waals surface area contributed by atoms with Gasteiger partial charge in [-0.2, -0.15) is 0 Å². The van der Waals surface area contributed by atoms with Crippen LogP contribution in [0.5, 0.6) is 0 Å². The van der Waals surface area contributed by atoms with Crippen LogP contribution in [-0.4, -0.2) is 27.5 Å². The van der Waals surface area contributed by atoms with Gasteiger partial charge in [0.25, 0.3) is 0 Å². The van der Waals surface area contributed by atoms with E-state index in [1.165, 1.54) is 24.3 Å². The predicted octanol–water partition coefficient (Wildman–Crippen LogP) is 3.75. The molecule has 2 aromatic rings. The van der Waals surface area contributed by atoms with Gasteiger partial charge in [0.1, 0.15) is 5.82 Å². The summed E-state index contributed by atoms with van der Waals surface area (Å²) < 4.78 is 13.4. The fourth-order valence-corrected chi connectivity index (χ4v) is 2.80. The van der Waals surface area contributed by atoms with Crippen LogP contribution in [0.25, 0.3) is 0 Å². The fraction of sp³-hybridized carbons (Fsp3) is 0.176. The first kappa shape index (κ1) is 17.1. The number of benzene rings is 2. The van der Waals surface area contributed by atoms with Gasteiger partial charge in [-0.25, -0.2) is 14.0 Å². The Labute approximate surface area is 140 Å². The molecular weight excluding hydrogens is 367 g/mol. The highest BCUT2D eigenvalue weighted by atomic mass is 79.9. The molecule has 23 heavy (non-hydrogen) atoms. The number of carboxylic acid groups (broad SMARTS) is 2. The van der Waals surface area contributed by atoms with Crippen molar-refractivity contribution in [3.05, 3.63) is 70.0 Å². The van der Waals surface area contributed by atoms with Crippen LogP contribution in [0.4, 0.5) is 4.39 Å². The molecule has 0 saturated heterocycles. The van der Waals surface area contributed by atoms with E-state index in [4.69, 9.17) is 5.11 Å². The maximum atomic E-state index is 13.4. The monoisotopic (exact) mass is 380 g/mol. The topological polar surface area (TPSA) is 74.6 Å². The van der Waals surface area contributed by atoms with Gasteiger partial charge in [-0.15, -0.1) is 0 Å². The quantitative estimate of drug-likeness (QED) is 0.748. The number of carboxylic acids is 2. The molecule has 4 nitrogen and oxygen atoms in total. The third kappa shape index (κ3) is 4.16. The second-order valence-electron chi connectivity index (χ2n) is 5.01. The number of carbonyl (C=O) groups is 2. The molecule has 2 aromatic carbocycles. The molecule has 0 saturated carbocycles. The number of alkyl halides is 1. The predicted molar refractivity (Wildman–Crippen MR) is 87.1 cm³/mol. The first-order valence-corrected chi connectivity index (χ1v) is 7.97. The molecule has 0 spiro atoms. The lowest BCUT2D eigenvalue weighted by atomic mass is 9.94. The molecule has 0 aliphatic rings. The zero-order valence-electron chi connectivity index (χ0n) is 12.1. The van der Waals surface area contributed by atoms with Crippen molar-refractivity contribution in [2.24, 2.45) is 0 Å². The number of aromatic carboxylic acids is 2. The van der Waals surface area contributed by atoms with E-state index in [1.54, 1.807) is 6.07 Å². The average Bonchev–Trinajstić information content (AvgIpc) is 2.50. The minimum absolute atomic E-state index is 0.0565. The number of aryl methyl sites for hydroxylation is 1. The third-order valence-electron chi connectivity index (χ3n) is 3.50. The lowest BCUT2D eigenvalue weighted by Gasteiger charge is -2.11. The Morgan fingerprint density at radius 3 is 2.26 bits per heavy atom. The maximum Gasteiger partial charge on any atom is 0.336 e. The number of halogens is 2. The highest BCUT2D eigenvalue weighted by Gasteiger charge is 2.15. The maximum absolute atomic E-state index is 13.4. The van der Waals surface area contributed by atoms with Crippen LogP contribution in [0.15, 0.2) is 36.4 Å². The van der Waals surface area contributed by atoms with Crippen molar-refractivity contribution in [1.82, 2.24) is 0 Å². The molecule has 0 bridgehead atoms. The largest absolute Gasteiger partial charge is 0.478 e. The molecule has 0 unspecified atom stereocenters. The lowest BCUT2D eigenvalue weighted by Crippen LogP contribution is -2.08. The van der Waals surface area contributed by atoms with E-state index in [0.29, 0.717) is 23.7 Å². The van der Waals surface area contributed by atoms with Gasteiger partial charge in [0, 0.05) is 5.33 Å². The molecule has 0 amide bonds. The average molecular weight is 381 g/mol. The first-order chi connectivity index (χ1) is 10.9. The summed E-state index contributed by atoms with van der Waals surface area (Å²) in [6.07, 6.45) is 0.910. The van der Waals surface area contributed by atoms with E-state index in [9.17, 15) is 19.1 Å². The van der Waals surface area contributed by atoms with Crippen molar-refractivity contribution in [3.63, 3.8) is 0 Å². The van der Waals surface area contributed by atoms with E-state index in [-0.39, 0.29) is 16.9 Å². The van der Waals surface area contributed by atoms with Crippen molar-refractivity contribution < 1.29 is 24.2 Å². The van der Waals surface area contributed by atoms with Crippen LogP contribution in [0.2, 0.25) is 0 Å². The van der Waals surface area contributed by atoms with Crippen molar-refractivity contribution >= 4 is 27.9 Å². The first-order valence-electron chi connectivity index (χ1n) is 6.85. The molecule has 0 atom stereocenters. The standard InChI is InChI=1S/C17H14BrFO4/c18-6-5-11-8-14(19)4-3-10(11)7-12-1-2-13(16(20)21)9-15(12)17(22)23/h1-4,8-9H,5-7H2,(H,20,21)(H,22,23).